The van der Waals surface area contributed by atoms with Crippen LogP contribution in [-0.2, 0) is 6.42 Å². The van der Waals surface area contributed by atoms with Crippen LogP contribution in [-0.4, -0.2) is 12.6 Å². The average molecular weight is 274 g/mol. The fraction of sp³-hybridized carbons (Fsp3) is 0.571. The third kappa shape index (κ3) is 5.29. The van der Waals surface area contributed by atoms with Crippen molar-refractivity contribution >= 4 is 23.2 Å². The van der Waals surface area contributed by atoms with Crippen LogP contribution in [0.25, 0.3) is 0 Å². The largest absolute Gasteiger partial charge is 0.314 e. The predicted octanol–water partition coefficient (Wildman–Crippen LogP) is 4.70. The number of hydrogen-bond donors (Lipinski definition) is 1. The van der Waals surface area contributed by atoms with Gasteiger partial charge in [0.05, 0.1) is 0 Å². The van der Waals surface area contributed by atoms with Crippen molar-refractivity contribution in [2.24, 2.45) is 0 Å². The number of hydrogen-bond acceptors (Lipinski definition) is 1. The molecule has 1 unspecified atom stereocenters. The molecule has 96 valence electrons. The molecule has 0 bridgehead atoms. The smallest absolute Gasteiger partial charge is 0.0453 e. The van der Waals surface area contributed by atoms with Crippen LogP contribution >= 0.6 is 23.2 Å². The van der Waals surface area contributed by atoms with Gasteiger partial charge in [-0.2, -0.15) is 0 Å². The highest BCUT2D eigenvalue weighted by molar-refractivity contribution is 6.35. The highest BCUT2D eigenvalue weighted by Gasteiger charge is 2.10. The van der Waals surface area contributed by atoms with Crippen molar-refractivity contribution in [3.05, 3.63) is 33.8 Å². The van der Waals surface area contributed by atoms with E-state index in [-0.39, 0.29) is 0 Å². The van der Waals surface area contributed by atoms with E-state index >= 15 is 0 Å². The lowest BCUT2D eigenvalue weighted by molar-refractivity contribution is 0.473. The van der Waals surface area contributed by atoms with Crippen molar-refractivity contribution in [3.8, 4) is 0 Å². The van der Waals surface area contributed by atoms with E-state index in [1.165, 1.54) is 24.8 Å². The Morgan fingerprint density at radius 3 is 2.59 bits per heavy atom. The number of likely N-dealkylation sites (N-methyl/N-ethyl adjacent to an activating group) is 1. The molecule has 17 heavy (non-hydrogen) atoms. The number of nitrogens with one attached hydrogen (secondary N) is 1. The van der Waals surface area contributed by atoms with Gasteiger partial charge in [0.2, 0.25) is 0 Å². The summed E-state index contributed by atoms with van der Waals surface area (Å²) in [6.45, 7) is 5.36. The van der Waals surface area contributed by atoms with Crippen molar-refractivity contribution in [2.75, 3.05) is 6.54 Å². The zero-order valence-corrected chi connectivity index (χ0v) is 12.1. The van der Waals surface area contributed by atoms with Gasteiger partial charge in [-0.15, -0.1) is 0 Å². The summed E-state index contributed by atoms with van der Waals surface area (Å²) in [4.78, 5) is 0. The molecule has 0 fully saturated rings. The van der Waals surface area contributed by atoms with Gasteiger partial charge in [-0.3, -0.25) is 0 Å². The fourth-order valence-electron chi connectivity index (χ4n) is 1.97. The minimum absolute atomic E-state index is 0.513. The van der Waals surface area contributed by atoms with E-state index in [9.17, 15) is 0 Å². The van der Waals surface area contributed by atoms with Crippen molar-refractivity contribution in [1.29, 1.82) is 0 Å². The summed E-state index contributed by atoms with van der Waals surface area (Å²) in [5.74, 6) is 0. The van der Waals surface area contributed by atoms with Crippen LogP contribution in [0.4, 0.5) is 0 Å². The van der Waals surface area contributed by atoms with Gasteiger partial charge in [0.25, 0.3) is 0 Å². The van der Waals surface area contributed by atoms with Crippen molar-refractivity contribution in [3.63, 3.8) is 0 Å². The van der Waals surface area contributed by atoms with Crippen molar-refractivity contribution in [1.82, 2.24) is 5.32 Å². The van der Waals surface area contributed by atoms with E-state index in [1.807, 2.05) is 18.2 Å². The topological polar surface area (TPSA) is 12.0 Å². The number of unbranched alkanes of at least 4 members (excludes halogenated alkanes) is 1. The maximum Gasteiger partial charge on any atom is 0.0453 e. The summed E-state index contributed by atoms with van der Waals surface area (Å²) in [5, 5.41) is 4.99. The Labute approximate surface area is 115 Å². The minimum atomic E-state index is 0.513. The first kappa shape index (κ1) is 14.8. The number of benzene rings is 1. The Morgan fingerprint density at radius 2 is 2.00 bits per heavy atom. The number of halogens is 2. The van der Waals surface area contributed by atoms with Gasteiger partial charge in [0.1, 0.15) is 0 Å². The summed E-state index contributed by atoms with van der Waals surface area (Å²) in [6.07, 6.45) is 4.66. The molecule has 0 heterocycles. The van der Waals surface area contributed by atoms with E-state index in [4.69, 9.17) is 23.2 Å². The molecule has 0 saturated carbocycles. The van der Waals surface area contributed by atoms with Gasteiger partial charge in [0, 0.05) is 16.1 Å². The third-order valence-electron chi connectivity index (χ3n) is 2.88. The molecule has 0 radical (unpaired) electrons. The lowest BCUT2D eigenvalue weighted by Gasteiger charge is -2.18. The molecule has 1 atom stereocenters. The first-order valence-electron chi connectivity index (χ1n) is 6.34. The fourth-order valence-corrected chi connectivity index (χ4v) is 2.45. The van der Waals surface area contributed by atoms with E-state index < -0.39 is 0 Å². The highest BCUT2D eigenvalue weighted by atomic mass is 35.5. The summed E-state index contributed by atoms with van der Waals surface area (Å²) >= 11 is 12.1. The summed E-state index contributed by atoms with van der Waals surface area (Å²) in [5.41, 5.74) is 1.18. The molecule has 1 aromatic carbocycles. The summed E-state index contributed by atoms with van der Waals surface area (Å²) < 4.78 is 0. The molecule has 0 aliphatic rings. The first-order chi connectivity index (χ1) is 8.17. The van der Waals surface area contributed by atoms with Crippen LogP contribution in [0, 0.1) is 0 Å². The summed E-state index contributed by atoms with van der Waals surface area (Å²) in [7, 11) is 0. The lowest BCUT2D eigenvalue weighted by Crippen LogP contribution is -2.31. The van der Waals surface area contributed by atoms with Gasteiger partial charge in [-0.1, -0.05) is 56.0 Å². The van der Waals surface area contributed by atoms with E-state index in [2.05, 4.69) is 19.2 Å². The molecule has 1 nitrogen and oxygen atoms in total. The van der Waals surface area contributed by atoms with Crippen LogP contribution in [0.2, 0.25) is 10.0 Å². The van der Waals surface area contributed by atoms with E-state index in [1.54, 1.807) is 0 Å². The Balaban J connectivity index is 2.64. The molecule has 0 aromatic heterocycles. The zero-order chi connectivity index (χ0) is 12.7. The first-order valence-corrected chi connectivity index (χ1v) is 7.10. The molecular formula is C14H21Cl2N. The monoisotopic (exact) mass is 273 g/mol. The van der Waals surface area contributed by atoms with Crippen LogP contribution in [0.15, 0.2) is 18.2 Å². The van der Waals surface area contributed by atoms with Crippen LogP contribution in [0.3, 0.4) is 0 Å². The molecule has 1 N–H and O–H groups in total. The van der Waals surface area contributed by atoms with E-state index in [0.717, 1.165) is 18.0 Å². The molecule has 0 aliphatic heterocycles. The van der Waals surface area contributed by atoms with Gasteiger partial charge in [0.15, 0.2) is 0 Å². The second kappa shape index (κ2) is 7.97. The van der Waals surface area contributed by atoms with Crippen molar-refractivity contribution < 1.29 is 0 Å². The average Bonchev–Trinajstić information content (AvgIpc) is 2.29. The third-order valence-corrected chi connectivity index (χ3v) is 3.47. The Bertz CT molecular complexity index is 339. The molecule has 0 spiro atoms. The lowest BCUT2D eigenvalue weighted by atomic mass is 10.0. The van der Waals surface area contributed by atoms with Gasteiger partial charge in [-0.25, -0.2) is 0 Å². The summed E-state index contributed by atoms with van der Waals surface area (Å²) in [6, 6.07) is 6.27. The molecule has 0 amide bonds. The van der Waals surface area contributed by atoms with Gasteiger partial charge >= 0.3 is 0 Å². The maximum absolute atomic E-state index is 6.20. The molecule has 3 heteroatoms. The molecule has 1 aromatic rings. The number of rotatable bonds is 7. The SMILES string of the molecule is CCCCC(Cc1ccc(Cl)cc1Cl)NCC. The Morgan fingerprint density at radius 1 is 1.24 bits per heavy atom. The van der Waals surface area contributed by atoms with Crippen molar-refractivity contribution in [2.45, 2.75) is 45.6 Å². The van der Waals surface area contributed by atoms with Gasteiger partial charge < -0.3 is 5.32 Å². The molecular weight excluding hydrogens is 253 g/mol. The molecule has 1 rings (SSSR count). The second-order valence-electron chi connectivity index (χ2n) is 4.34. The standard InChI is InChI=1S/C14H21Cl2N/c1-3-5-6-13(17-4-2)9-11-7-8-12(15)10-14(11)16/h7-8,10,13,17H,3-6,9H2,1-2H3. The Kier molecular flexibility index (Phi) is 6.94. The van der Waals surface area contributed by atoms with Crippen LogP contribution in [0.5, 0.6) is 0 Å². The normalized spacial score (nSPS) is 12.7. The second-order valence-corrected chi connectivity index (χ2v) is 5.18. The molecule has 0 saturated heterocycles. The molecule has 0 aliphatic carbocycles. The van der Waals surface area contributed by atoms with Crippen LogP contribution < -0.4 is 5.32 Å². The van der Waals surface area contributed by atoms with Gasteiger partial charge in [-0.05, 0) is 37.1 Å². The minimum Gasteiger partial charge on any atom is -0.314 e. The quantitative estimate of drug-likeness (QED) is 0.759. The maximum atomic E-state index is 6.20. The van der Waals surface area contributed by atoms with E-state index in [0.29, 0.717) is 11.1 Å². The Hall–Kier alpha value is -0.240. The highest BCUT2D eigenvalue weighted by Crippen LogP contribution is 2.23. The van der Waals surface area contributed by atoms with Crippen LogP contribution in [0.1, 0.15) is 38.7 Å². The zero-order valence-electron chi connectivity index (χ0n) is 10.6. The predicted molar refractivity (Wildman–Crippen MR) is 77.2 cm³/mol.